The molecule has 1 saturated heterocycles. The summed E-state index contributed by atoms with van der Waals surface area (Å²) in [4.78, 5) is 18.0. The molecule has 2 N–H and O–H groups in total. The van der Waals surface area contributed by atoms with Crippen LogP contribution in [0, 0.1) is 27.3 Å². The number of hydrogen-bond donors (Lipinski definition) is 2. The first-order chi connectivity index (χ1) is 20.0. The van der Waals surface area contributed by atoms with E-state index in [2.05, 4.69) is 11.8 Å². The fourth-order valence-corrected chi connectivity index (χ4v) is 6.23. The number of para-hydroxylation sites is 1. The zero-order valence-electron chi connectivity index (χ0n) is 23.9. The van der Waals surface area contributed by atoms with Crippen molar-refractivity contribution in [2.45, 2.75) is 50.7 Å². The molecule has 1 amide bonds. The normalized spacial score (nSPS) is 22.2. The Labute approximate surface area is 248 Å². The average molecular weight is 603 g/mol. The second kappa shape index (κ2) is 13.8. The highest BCUT2D eigenvalue weighted by atomic mass is 32.1. The molecule has 0 aromatic heterocycles. The van der Waals surface area contributed by atoms with Gasteiger partial charge < -0.3 is 14.5 Å². The summed E-state index contributed by atoms with van der Waals surface area (Å²) in [5.41, 5.74) is 0.603. The maximum absolute atomic E-state index is 13.8. The van der Waals surface area contributed by atoms with Crippen molar-refractivity contribution < 1.29 is 22.7 Å². The largest absolute Gasteiger partial charge is 0.416 e. The van der Waals surface area contributed by atoms with Crippen LogP contribution >= 0.6 is 11.4 Å². The third kappa shape index (κ3) is 7.74. The predicted molar refractivity (Wildman–Crippen MR) is 158 cm³/mol. The highest BCUT2D eigenvalue weighted by Gasteiger charge is 2.40. The van der Waals surface area contributed by atoms with Gasteiger partial charge in [0, 0.05) is 55.7 Å². The molecule has 8 nitrogen and oxygen atoms in total. The van der Waals surface area contributed by atoms with Crippen molar-refractivity contribution in [3.05, 3.63) is 64.7 Å². The zero-order valence-corrected chi connectivity index (χ0v) is 24.7. The van der Waals surface area contributed by atoms with Crippen LogP contribution in [0.25, 0.3) is 0 Å². The van der Waals surface area contributed by atoms with Gasteiger partial charge in [-0.05, 0) is 60.1 Å². The molecule has 2 heterocycles. The number of anilines is 1. The summed E-state index contributed by atoms with van der Waals surface area (Å²) in [5.74, 6) is 0.941. The van der Waals surface area contributed by atoms with Gasteiger partial charge in [0.15, 0.2) is 0 Å². The topological polar surface area (TPSA) is 108 Å². The molecule has 3 aliphatic rings. The molecule has 226 valence electrons. The van der Waals surface area contributed by atoms with Gasteiger partial charge >= 0.3 is 6.18 Å². The quantitative estimate of drug-likeness (QED) is 0.302. The van der Waals surface area contributed by atoms with E-state index in [1.54, 1.807) is 37.4 Å². The Morgan fingerprint density at radius 1 is 1.24 bits per heavy atom. The molecule has 1 unspecified atom stereocenters. The maximum atomic E-state index is 13.8. The molecule has 0 radical (unpaired) electrons. The standard InChI is InChI=1S/C22H23F3N2O2.C8H14N4S/c1-15-11-26(7-8-29-14-15)12-16-9-18-19(20(10-16)22(23,24)25)13-27(21(18)28)17-5-3-2-4-6-17;1-12(5-9)8(10)4-6-2-7(3-6)13-11/h2-6,9-10,15H,7-8,11-14H2,1H3;5-7,9-10H,2-4H2,1H3. The molecule has 1 atom stereocenters. The lowest BCUT2D eigenvalue weighted by atomic mass is 9.82. The van der Waals surface area contributed by atoms with Gasteiger partial charge in [-0.25, -0.2) is 0 Å². The summed E-state index contributed by atoms with van der Waals surface area (Å²) >= 11 is 0.928. The van der Waals surface area contributed by atoms with Crippen LogP contribution < -0.4 is 4.90 Å². The smallest absolute Gasteiger partial charge is 0.380 e. The van der Waals surface area contributed by atoms with Crippen LogP contribution in [0.2, 0.25) is 0 Å². The Balaban J connectivity index is 0.000000262. The van der Waals surface area contributed by atoms with Crippen molar-refractivity contribution in [2.24, 2.45) is 11.8 Å². The molecular weight excluding hydrogens is 565 g/mol. The van der Waals surface area contributed by atoms with E-state index in [9.17, 15) is 18.0 Å². The summed E-state index contributed by atoms with van der Waals surface area (Å²) in [6, 6.07) is 11.6. The molecule has 42 heavy (non-hydrogen) atoms. The Morgan fingerprint density at radius 2 is 1.95 bits per heavy atom. The van der Waals surface area contributed by atoms with Gasteiger partial charge in [-0.2, -0.15) is 17.8 Å². The van der Waals surface area contributed by atoms with E-state index >= 15 is 0 Å². The van der Waals surface area contributed by atoms with Crippen LogP contribution in [0.1, 0.15) is 53.2 Å². The van der Waals surface area contributed by atoms with Crippen molar-refractivity contribution in [1.82, 2.24) is 9.80 Å². The van der Waals surface area contributed by atoms with E-state index in [-0.39, 0.29) is 23.6 Å². The fraction of sp³-hybridized carbons (Fsp3) is 0.500. The summed E-state index contributed by atoms with van der Waals surface area (Å²) in [7, 11) is 1.71. The molecule has 0 bridgehead atoms. The van der Waals surface area contributed by atoms with Gasteiger partial charge in [0.2, 0.25) is 0 Å². The minimum absolute atomic E-state index is 0.0580. The number of nitrogens with zero attached hydrogens (tertiary/aromatic N) is 4. The van der Waals surface area contributed by atoms with E-state index in [0.717, 1.165) is 43.5 Å². The second-order valence-electron chi connectivity index (χ2n) is 11.3. The van der Waals surface area contributed by atoms with Gasteiger partial charge in [0.1, 0.15) is 5.84 Å². The minimum Gasteiger partial charge on any atom is -0.380 e. The highest BCUT2D eigenvalue weighted by Crippen LogP contribution is 2.40. The molecule has 2 aromatic rings. The summed E-state index contributed by atoms with van der Waals surface area (Å²) in [6.45, 7) is 4.98. The lowest BCUT2D eigenvalue weighted by Gasteiger charge is -2.31. The number of carbonyl (C=O) groups excluding carboxylic acids is 1. The average Bonchev–Trinajstić information content (AvgIpc) is 3.13. The van der Waals surface area contributed by atoms with Crippen molar-refractivity contribution >= 4 is 35.2 Å². The number of alkyl halides is 3. The van der Waals surface area contributed by atoms with Gasteiger partial charge in [0.05, 0.1) is 36.9 Å². The lowest BCUT2D eigenvalue weighted by molar-refractivity contribution is -0.138. The SMILES string of the molecule is CC1COCCN(Cc2cc3c(c(C(F)(F)F)c2)CN(c2ccccc2)C3=O)C1.CN(C=N)C(=N)CC1CC(S#N)C1. The van der Waals surface area contributed by atoms with Gasteiger partial charge in [-0.15, -0.1) is 0 Å². The molecule has 5 rings (SSSR count). The maximum Gasteiger partial charge on any atom is 0.416 e. The molecule has 1 aliphatic carbocycles. The minimum atomic E-state index is -4.51. The molecule has 12 heteroatoms. The number of hydrogen-bond acceptors (Lipinski definition) is 6. The Morgan fingerprint density at radius 3 is 2.60 bits per heavy atom. The van der Waals surface area contributed by atoms with Gasteiger partial charge in [0.25, 0.3) is 5.91 Å². The van der Waals surface area contributed by atoms with Gasteiger partial charge in [-0.3, -0.25) is 20.5 Å². The van der Waals surface area contributed by atoms with Crippen molar-refractivity contribution in [2.75, 3.05) is 38.3 Å². The molecule has 2 aliphatic heterocycles. The number of amidine groups is 1. The Hall–Kier alpha value is -3.31. The van der Waals surface area contributed by atoms with Crippen LogP contribution in [0.5, 0.6) is 0 Å². The first-order valence-electron chi connectivity index (χ1n) is 14.0. The molecule has 2 fully saturated rings. The molecule has 1 saturated carbocycles. The first-order valence-corrected chi connectivity index (χ1v) is 14.8. The number of benzene rings is 2. The third-order valence-electron chi connectivity index (χ3n) is 7.85. The monoisotopic (exact) mass is 602 g/mol. The number of carbonyl (C=O) groups is 1. The van der Waals surface area contributed by atoms with E-state index in [0.29, 0.717) is 60.5 Å². The summed E-state index contributed by atoms with van der Waals surface area (Å²) < 4.78 is 55.7. The fourth-order valence-electron chi connectivity index (χ4n) is 5.52. The van der Waals surface area contributed by atoms with Crippen LogP contribution in [0.3, 0.4) is 0 Å². The van der Waals surface area contributed by atoms with Crippen molar-refractivity contribution in [1.29, 1.82) is 15.4 Å². The van der Waals surface area contributed by atoms with Crippen LogP contribution in [0.15, 0.2) is 42.5 Å². The molecule has 0 spiro atoms. The Kier molecular flexibility index (Phi) is 10.4. The molecular formula is C30H37F3N6O2S. The van der Waals surface area contributed by atoms with E-state index < -0.39 is 11.7 Å². The van der Waals surface area contributed by atoms with Crippen molar-refractivity contribution in [3.8, 4) is 0 Å². The van der Waals surface area contributed by atoms with Crippen LogP contribution in [-0.2, 0) is 24.0 Å². The van der Waals surface area contributed by atoms with E-state index in [4.69, 9.17) is 20.2 Å². The number of halogens is 3. The number of amides is 1. The number of nitrogens with one attached hydrogen (secondary N) is 2. The van der Waals surface area contributed by atoms with E-state index in [1.807, 2.05) is 6.07 Å². The first kappa shape index (κ1) is 31.6. The third-order valence-corrected chi connectivity index (χ3v) is 8.53. The number of fused-ring (bicyclic) bond motifs is 1. The Bertz CT molecular complexity index is 1330. The molecule has 2 aromatic carbocycles. The number of rotatable bonds is 6. The van der Waals surface area contributed by atoms with Gasteiger partial charge in [-0.1, -0.05) is 25.1 Å². The van der Waals surface area contributed by atoms with E-state index in [1.165, 1.54) is 15.9 Å². The predicted octanol–water partition coefficient (Wildman–Crippen LogP) is 6.22. The van der Waals surface area contributed by atoms with Crippen molar-refractivity contribution in [3.63, 3.8) is 0 Å². The van der Waals surface area contributed by atoms with Crippen LogP contribution in [-0.4, -0.2) is 66.5 Å². The highest BCUT2D eigenvalue weighted by molar-refractivity contribution is 7.86. The second-order valence-corrected chi connectivity index (χ2v) is 12.1. The lowest BCUT2D eigenvalue weighted by Crippen LogP contribution is -2.32. The number of ether oxygens (including phenoxy) is 1. The summed E-state index contributed by atoms with van der Waals surface area (Å²) in [5, 5.41) is 14.9. The zero-order chi connectivity index (χ0) is 30.4. The van der Waals surface area contributed by atoms with Crippen LogP contribution in [0.4, 0.5) is 18.9 Å². The summed E-state index contributed by atoms with van der Waals surface area (Å²) in [6.07, 6.45) is -0.644.